The molecule has 3 aromatic carbocycles. The van der Waals surface area contributed by atoms with Crippen molar-refractivity contribution in [1.29, 1.82) is 0 Å². The second kappa shape index (κ2) is 9.32. The van der Waals surface area contributed by atoms with Crippen LogP contribution in [-0.2, 0) is 27.3 Å². The molecule has 0 aliphatic heterocycles. The summed E-state index contributed by atoms with van der Waals surface area (Å²) in [5.74, 6) is 0. The number of benzene rings is 3. The van der Waals surface area contributed by atoms with Crippen LogP contribution in [0.25, 0.3) is 0 Å². The predicted molar refractivity (Wildman–Crippen MR) is 101 cm³/mol. The number of rotatable bonds is 6. The van der Waals surface area contributed by atoms with Gasteiger partial charge >= 0.3 is 29.6 Å². The van der Waals surface area contributed by atoms with E-state index in [4.69, 9.17) is 4.18 Å². The summed E-state index contributed by atoms with van der Waals surface area (Å²) < 4.78 is 30.4. The summed E-state index contributed by atoms with van der Waals surface area (Å²) in [5, 5.41) is 0. The van der Waals surface area contributed by atoms with Crippen LogP contribution in [0, 0.1) is 0 Å². The maximum absolute atomic E-state index is 12.6. The number of hydrogen-bond donors (Lipinski definition) is 0. The number of hydrogen-bond acceptors (Lipinski definition) is 3. The standard InChI is InChI=1S/C20H18O3S.Na.H/c21-24(22,23-16-18-11-5-2-6-12-18)20-14-8-7-13-19(20)15-17-9-3-1-4-10-17;;/h1-14H,15-16H2;;. The fraction of sp³-hybridized carbons (Fsp3) is 0.100. The van der Waals surface area contributed by atoms with Crippen molar-refractivity contribution in [3.8, 4) is 0 Å². The van der Waals surface area contributed by atoms with E-state index in [0.29, 0.717) is 6.42 Å². The van der Waals surface area contributed by atoms with Gasteiger partial charge in [0.1, 0.15) is 0 Å². The van der Waals surface area contributed by atoms with Gasteiger partial charge in [0.2, 0.25) is 0 Å². The Bertz CT molecular complexity index is 894. The SMILES string of the molecule is O=S(=O)(OCc1ccccc1)c1ccccc1Cc1ccccc1.[NaH]. The summed E-state index contributed by atoms with van der Waals surface area (Å²) in [5.41, 5.74) is 2.61. The van der Waals surface area contributed by atoms with Crippen molar-refractivity contribution < 1.29 is 12.6 Å². The van der Waals surface area contributed by atoms with E-state index in [1.54, 1.807) is 12.1 Å². The van der Waals surface area contributed by atoms with Crippen LogP contribution in [0.4, 0.5) is 0 Å². The molecule has 124 valence electrons. The molecule has 0 spiro atoms. The summed E-state index contributed by atoms with van der Waals surface area (Å²) in [6.45, 7) is 0.0306. The predicted octanol–water partition coefficient (Wildman–Crippen LogP) is 3.53. The van der Waals surface area contributed by atoms with E-state index in [1.165, 1.54) is 0 Å². The summed E-state index contributed by atoms with van der Waals surface area (Å²) >= 11 is 0. The molecule has 0 aromatic heterocycles. The fourth-order valence-corrected chi connectivity index (χ4v) is 3.62. The summed E-state index contributed by atoms with van der Waals surface area (Å²) in [6, 6.07) is 26.0. The fourth-order valence-electron chi connectivity index (χ4n) is 2.49. The third-order valence-corrected chi connectivity index (χ3v) is 5.07. The minimum absolute atomic E-state index is 0. The maximum atomic E-state index is 12.6. The van der Waals surface area contributed by atoms with Gasteiger partial charge in [-0.1, -0.05) is 78.9 Å². The van der Waals surface area contributed by atoms with Crippen LogP contribution in [0.15, 0.2) is 89.8 Å². The van der Waals surface area contributed by atoms with Crippen molar-refractivity contribution in [1.82, 2.24) is 0 Å². The third-order valence-electron chi connectivity index (χ3n) is 3.70. The van der Waals surface area contributed by atoms with Crippen LogP contribution < -0.4 is 0 Å². The van der Waals surface area contributed by atoms with Gasteiger partial charge in [0, 0.05) is 0 Å². The summed E-state index contributed by atoms with van der Waals surface area (Å²) in [6.07, 6.45) is 0.547. The van der Waals surface area contributed by atoms with Gasteiger partial charge in [-0.15, -0.1) is 0 Å². The first-order chi connectivity index (χ1) is 11.6. The molecule has 3 rings (SSSR count). The van der Waals surface area contributed by atoms with E-state index in [0.717, 1.165) is 16.7 Å². The molecule has 0 heterocycles. The molecule has 25 heavy (non-hydrogen) atoms. The Labute approximate surface area is 171 Å². The van der Waals surface area contributed by atoms with Crippen LogP contribution >= 0.6 is 0 Å². The molecule has 0 unspecified atom stereocenters. The molecular weight excluding hydrogens is 343 g/mol. The van der Waals surface area contributed by atoms with E-state index in [2.05, 4.69) is 0 Å². The van der Waals surface area contributed by atoms with Gasteiger partial charge in [-0.25, -0.2) is 0 Å². The average Bonchev–Trinajstić information content (AvgIpc) is 2.62. The molecule has 0 atom stereocenters. The van der Waals surface area contributed by atoms with Crippen LogP contribution in [0.5, 0.6) is 0 Å². The van der Waals surface area contributed by atoms with E-state index in [9.17, 15) is 8.42 Å². The van der Waals surface area contributed by atoms with Crippen LogP contribution in [0.3, 0.4) is 0 Å². The molecule has 0 fully saturated rings. The second-order valence-electron chi connectivity index (χ2n) is 5.47. The molecule has 0 aliphatic carbocycles. The minimum atomic E-state index is -3.81. The monoisotopic (exact) mass is 362 g/mol. The summed E-state index contributed by atoms with van der Waals surface area (Å²) in [7, 11) is -3.81. The Balaban J connectivity index is 0.00000225. The van der Waals surface area contributed by atoms with Gasteiger partial charge in [0.15, 0.2) is 0 Å². The Morgan fingerprint density at radius 3 is 1.84 bits per heavy atom. The van der Waals surface area contributed by atoms with Crippen molar-refractivity contribution in [2.45, 2.75) is 17.9 Å². The normalized spacial score (nSPS) is 10.9. The average molecular weight is 362 g/mol. The van der Waals surface area contributed by atoms with E-state index < -0.39 is 10.1 Å². The molecule has 0 saturated heterocycles. The van der Waals surface area contributed by atoms with Gasteiger partial charge in [0.05, 0.1) is 11.5 Å². The van der Waals surface area contributed by atoms with Gasteiger partial charge in [-0.05, 0) is 29.2 Å². The molecule has 0 bridgehead atoms. The molecule has 0 amide bonds. The zero-order chi connectivity index (χ0) is 16.8. The van der Waals surface area contributed by atoms with E-state index >= 15 is 0 Å². The van der Waals surface area contributed by atoms with Crippen molar-refractivity contribution >= 4 is 39.7 Å². The molecular formula is C20H19NaO3S. The van der Waals surface area contributed by atoms with Crippen molar-refractivity contribution in [2.75, 3.05) is 0 Å². The summed E-state index contributed by atoms with van der Waals surface area (Å²) in [4.78, 5) is 0.227. The molecule has 3 aromatic rings. The first-order valence-corrected chi connectivity index (χ1v) is 9.11. The van der Waals surface area contributed by atoms with Crippen molar-refractivity contribution in [3.63, 3.8) is 0 Å². The van der Waals surface area contributed by atoms with Crippen LogP contribution in [0.2, 0.25) is 0 Å². The topological polar surface area (TPSA) is 43.4 Å². The van der Waals surface area contributed by atoms with Gasteiger partial charge in [-0.2, -0.15) is 8.42 Å². The molecule has 5 heteroatoms. The van der Waals surface area contributed by atoms with E-state index in [-0.39, 0.29) is 41.1 Å². The zero-order valence-corrected chi connectivity index (χ0v) is 13.9. The zero-order valence-electron chi connectivity index (χ0n) is 13.1. The first-order valence-electron chi connectivity index (χ1n) is 7.70. The van der Waals surface area contributed by atoms with Gasteiger partial charge in [-0.3, -0.25) is 4.18 Å². The molecule has 3 nitrogen and oxygen atoms in total. The Hall–Kier alpha value is -1.43. The third kappa shape index (κ3) is 5.53. The van der Waals surface area contributed by atoms with Crippen molar-refractivity contribution in [2.24, 2.45) is 0 Å². The van der Waals surface area contributed by atoms with Crippen LogP contribution in [0.1, 0.15) is 16.7 Å². The quantitative estimate of drug-likeness (QED) is 0.498. The molecule has 0 radical (unpaired) electrons. The van der Waals surface area contributed by atoms with Crippen molar-refractivity contribution in [3.05, 3.63) is 102 Å². The molecule has 0 saturated carbocycles. The van der Waals surface area contributed by atoms with Gasteiger partial charge < -0.3 is 0 Å². The van der Waals surface area contributed by atoms with Crippen LogP contribution in [-0.4, -0.2) is 38.0 Å². The molecule has 0 aliphatic rings. The van der Waals surface area contributed by atoms with E-state index in [1.807, 2.05) is 72.8 Å². The van der Waals surface area contributed by atoms with Gasteiger partial charge in [0.25, 0.3) is 10.1 Å². The Morgan fingerprint density at radius 1 is 0.680 bits per heavy atom. The Kier molecular flexibility index (Phi) is 7.41. The Morgan fingerprint density at radius 2 is 1.20 bits per heavy atom. The second-order valence-corrected chi connectivity index (χ2v) is 7.06. The molecule has 0 N–H and O–H groups in total. The first kappa shape index (κ1) is 19.9.